The van der Waals surface area contributed by atoms with Gasteiger partial charge in [-0.05, 0) is 25.5 Å². The first-order chi connectivity index (χ1) is 10.0. The summed E-state index contributed by atoms with van der Waals surface area (Å²) in [7, 11) is 1.72. The summed E-state index contributed by atoms with van der Waals surface area (Å²) < 4.78 is 0. The van der Waals surface area contributed by atoms with Gasteiger partial charge in [0.05, 0.1) is 0 Å². The third-order valence-corrected chi connectivity index (χ3v) is 3.37. The Morgan fingerprint density at radius 3 is 2.57 bits per heavy atom. The number of likely N-dealkylation sites (N-methyl/N-ethyl adjacent to an activating group) is 1. The molecule has 0 amide bonds. The number of hydrogen-bond donors (Lipinski definition) is 1. The van der Waals surface area contributed by atoms with Crippen molar-refractivity contribution in [2.75, 3.05) is 11.9 Å². The normalized spacial score (nSPS) is 12.0. The predicted molar refractivity (Wildman–Crippen MR) is 80.1 cm³/mol. The molecule has 6 heteroatoms. The molecule has 2 aromatic rings. The second kappa shape index (κ2) is 6.30. The van der Waals surface area contributed by atoms with E-state index in [1.807, 2.05) is 25.1 Å². The lowest BCUT2D eigenvalue weighted by Gasteiger charge is -2.23. The Kier molecular flexibility index (Phi) is 4.47. The minimum absolute atomic E-state index is 0.580. The maximum Gasteiger partial charge on any atom is 0.326 e. The molecule has 0 aliphatic carbocycles. The standard InChI is InChI=1S/C15H18N4O2/c1-4-12-9-13(19(3)10(2)15(20)21)18-14(17-12)11-5-7-16-8-6-11/h5-10H,4H2,1-3H3,(H,20,21). The zero-order valence-corrected chi connectivity index (χ0v) is 12.3. The Balaban J connectivity index is 2.46. The Morgan fingerprint density at radius 1 is 1.33 bits per heavy atom. The molecule has 2 heterocycles. The van der Waals surface area contributed by atoms with Crippen LogP contribution in [-0.4, -0.2) is 39.1 Å². The fourth-order valence-corrected chi connectivity index (χ4v) is 1.84. The molecule has 0 bridgehead atoms. The van der Waals surface area contributed by atoms with Crippen LogP contribution in [0.2, 0.25) is 0 Å². The van der Waals surface area contributed by atoms with Gasteiger partial charge in [0.15, 0.2) is 5.82 Å². The van der Waals surface area contributed by atoms with Gasteiger partial charge in [-0.3, -0.25) is 4.98 Å². The lowest BCUT2D eigenvalue weighted by molar-refractivity contribution is -0.138. The number of anilines is 1. The molecule has 21 heavy (non-hydrogen) atoms. The number of carbonyl (C=O) groups is 1. The van der Waals surface area contributed by atoms with Crippen molar-refractivity contribution >= 4 is 11.8 Å². The molecule has 0 saturated heterocycles. The summed E-state index contributed by atoms with van der Waals surface area (Å²) in [5.41, 5.74) is 1.73. The van der Waals surface area contributed by atoms with E-state index in [2.05, 4.69) is 15.0 Å². The molecule has 0 fully saturated rings. The van der Waals surface area contributed by atoms with Crippen molar-refractivity contribution in [3.63, 3.8) is 0 Å². The van der Waals surface area contributed by atoms with E-state index < -0.39 is 12.0 Å². The van der Waals surface area contributed by atoms with Gasteiger partial charge in [-0.2, -0.15) is 0 Å². The summed E-state index contributed by atoms with van der Waals surface area (Å²) in [4.78, 5) is 25.7. The topological polar surface area (TPSA) is 79.2 Å². The Morgan fingerprint density at radius 2 is 2.00 bits per heavy atom. The van der Waals surface area contributed by atoms with Crippen LogP contribution >= 0.6 is 0 Å². The zero-order valence-electron chi connectivity index (χ0n) is 12.3. The van der Waals surface area contributed by atoms with Crippen molar-refractivity contribution < 1.29 is 9.90 Å². The van der Waals surface area contributed by atoms with Crippen molar-refractivity contribution in [3.05, 3.63) is 36.3 Å². The van der Waals surface area contributed by atoms with E-state index >= 15 is 0 Å². The highest BCUT2D eigenvalue weighted by atomic mass is 16.4. The average Bonchev–Trinajstić information content (AvgIpc) is 2.53. The third-order valence-electron chi connectivity index (χ3n) is 3.37. The fraction of sp³-hybridized carbons (Fsp3) is 0.333. The molecule has 1 N–H and O–H groups in total. The van der Waals surface area contributed by atoms with Crippen molar-refractivity contribution in [1.82, 2.24) is 15.0 Å². The quantitative estimate of drug-likeness (QED) is 0.905. The third kappa shape index (κ3) is 3.34. The second-order valence-electron chi connectivity index (χ2n) is 4.76. The lowest BCUT2D eigenvalue weighted by atomic mass is 10.2. The van der Waals surface area contributed by atoms with Gasteiger partial charge < -0.3 is 10.0 Å². The van der Waals surface area contributed by atoms with Gasteiger partial charge in [-0.15, -0.1) is 0 Å². The van der Waals surface area contributed by atoms with Crippen molar-refractivity contribution in [3.8, 4) is 11.4 Å². The van der Waals surface area contributed by atoms with Gasteiger partial charge in [0, 0.05) is 36.8 Å². The van der Waals surface area contributed by atoms with E-state index in [-0.39, 0.29) is 0 Å². The maximum atomic E-state index is 11.1. The van der Waals surface area contributed by atoms with Crippen LogP contribution in [0.4, 0.5) is 5.82 Å². The van der Waals surface area contributed by atoms with Gasteiger partial charge >= 0.3 is 5.97 Å². The van der Waals surface area contributed by atoms with Crippen LogP contribution < -0.4 is 4.90 Å². The van der Waals surface area contributed by atoms with E-state index in [9.17, 15) is 4.79 Å². The number of hydrogen-bond acceptors (Lipinski definition) is 5. The number of aromatic nitrogens is 3. The zero-order chi connectivity index (χ0) is 15.4. The number of rotatable bonds is 5. The van der Waals surface area contributed by atoms with Crippen molar-refractivity contribution in [1.29, 1.82) is 0 Å². The first-order valence-electron chi connectivity index (χ1n) is 6.77. The highest BCUT2D eigenvalue weighted by Gasteiger charge is 2.19. The number of aryl methyl sites for hydroxylation is 1. The SMILES string of the molecule is CCc1cc(N(C)C(C)C(=O)O)nc(-c2ccncc2)n1. The highest BCUT2D eigenvalue weighted by Crippen LogP contribution is 2.20. The molecule has 0 aromatic carbocycles. The molecule has 6 nitrogen and oxygen atoms in total. The summed E-state index contributed by atoms with van der Waals surface area (Å²) in [6.07, 6.45) is 4.12. The van der Waals surface area contributed by atoms with Gasteiger partial charge in [-0.25, -0.2) is 14.8 Å². The Bertz CT molecular complexity index is 631. The van der Waals surface area contributed by atoms with E-state index in [4.69, 9.17) is 5.11 Å². The number of pyridine rings is 1. The minimum Gasteiger partial charge on any atom is -0.480 e. The van der Waals surface area contributed by atoms with E-state index in [1.54, 1.807) is 31.3 Å². The molecule has 0 radical (unpaired) electrons. The summed E-state index contributed by atoms with van der Waals surface area (Å²) in [6, 6.07) is 4.83. The summed E-state index contributed by atoms with van der Waals surface area (Å²) in [6.45, 7) is 3.63. The van der Waals surface area contributed by atoms with Crippen LogP contribution in [0.3, 0.4) is 0 Å². The molecule has 110 valence electrons. The minimum atomic E-state index is -0.889. The van der Waals surface area contributed by atoms with Gasteiger partial charge in [0.1, 0.15) is 11.9 Å². The van der Waals surface area contributed by atoms with E-state index in [0.29, 0.717) is 11.6 Å². The summed E-state index contributed by atoms with van der Waals surface area (Å²) in [5.74, 6) is 0.291. The van der Waals surface area contributed by atoms with Crippen LogP contribution in [0.15, 0.2) is 30.6 Å². The average molecular weight is 286 g/mol. The number of aliphatic carboxylic acids is 1. The molecule has 0 spiro atoms. The Hall–Kier alpha value is -2.50. The Labute approximate surface area is 123 Å². The van der Waals surface area contributed by atoms with Crippen LogP contribution in [0.25, 0.3) is 11.4 Å². The monoisotopic (exact) mass is 286 g/mol. The van der Waals surface area contributed by atoms with Crippen LogP contribution in [0.5, 0.6) is 0 Å². The van der Waals surface area contributed by atoms with E-state index in [0.717, 1.165) is 17.7 Å². The summed E-state index contributed by atoms with van der Waals surface area (Å²) in [5, 5.41) is 9.13. The number of carboxylic acids is 1. The largest absolute Gasteiger partial charge is 0.480 e. The van der Waals surface area contributed by atoms with Gasteiger partial charge in [0.2, 0.25) is 0 Å². The van der Waals surface area contributed by atoms with Crippen LogP contribution in [0, 0.1) is 0 Å². The predicted octanol–water partition coefficient (Wildman–Crippen LogP) is 2.01. The van der Waals surface area contributed by atoms with Crippen molar-refractivity contribution in [2.24, 2.45) is 0 Å². The molecule has 1 atom stereocenters. The molecule has 0 aliphatic rings. The smallest absolute Gasteiger partial charge is 0.326 e. The molecule has 2 aromatic heterocycles. The molecule has 2 rings (SSSR count). The molecular weight excluding hydrogens is 268 g/mol. The first-order valence-corrected chi connectivity index (χ1v) is 6.77. The van der Waals surface area contributed by atoms with E-state index in [1.165, 1.54) is 0 Å². The number of nitrogens with zero attached hydrogens (tertiary/aromatic N) is 4. The molecule has 1 unspecified atom stereocenters. The van der Waals surface area contributed by atoms with Gasteiger partial charge in [0.25, 0.3) is 0 Å². The second-order valence-corrected chi connectivity index (χ2v) is 4.76. The molecule has 0 aliphatic heterocycles. The molecule has 0 saturated carbocycles. The van der Waals surface area contributed by atoms with Crippen LogP contribution in [-0.2, 0) is 11.2 Å². The fourth-order valence-electron chi connectivity index (χ4n) is 1.84. The van der Waals surface area contributed by atoms with Gasteiger partial charge in [-0.1, -0.05) is 6.92 Å². The van der Waals surface area contributed by atoms with Crippen LogP contribution in [0.1, 0.15) is 19.5 Å². The van der Waals surface area contributed by atoms with Crippen molar-refractivity contribution in [2.45, 2.75) is 26.3 Å². The highest BCUT2D eigenvalue weighted by molar-refractivity contribution is 5.77. The maximum absolute atomic E-state index is 11.1. The first kappa shape index (κ1) is 14.9. The number of carboxylic acid groups (broad SMARTS) is 1. The lowest BCUT2D eigenvalue weighted by Crippen LogP contribution is -2.36. The summed E-state index contributed by atoms with van der Waals surface area (Å²) >= 11 is 0. The molecular formula is C15H18N4O2.